The molecule has 6 nitrogen and oxygen atoms in total. The molecule has 0 saturated heterocycles. The van der Waals surface area contributed by atoms with Crippen LogP contribution in [0.4, 0.5) is 5.82 Å². The van der Waals surface area contributed by atoms with Crippen LogP contribution in [0.25, 0.3) is 22.4 Å². The average Bonchev–Trinajstić information content (AvgIpc) is 3.01. The van der Waals surface area contributed by atoms with Crippen LogP contribution in [0.3, 0.4) is 0 Å². The molecule has 0 spiro atoms. The zero-order valence-corrected chi connectivity index (χ0v) is 12.9. The Hall–Kier alpha value is -2.47. The molecule has 2 unspecified atom stereocenters. The van der Waals surface area contributed by atoms with Crippen LogP contribution < -0.4 is 11.1 Å². The van der Waals surface area contributed by atoms with E-state index in [1.807, 2.05) is 30.3 Å². The smallest absolute Gasteiger partial charge is 0.155 e. The van der Waals surface area contributed by atoms with E-state index in [4.69, 9.17) is 10.7 Å². The van der Waals surface area contributed by atoms with Crippen molar-refractivity contribution in [3.63, 3.8) is 0 Å². The number of rotatable bonds is 3. The second kappa shape index (κ2) is 5.96. The summed E-state index contributed by atoms with van der Waals surface area (Å²) in [5, 5.41) is 11.8. The van der Waals surface area contributed by atoms with Crippen LogP contribution in [0, 0.1) is 0 Å². The highest BCUT2D eigenvalue weighted by Gasteiger charge is 2.22. The van der Waals surface area contributed by atoms with Crippen molar-refractivity contribution in [2.75, 3.05) is 5.32 Å². The predicted octanol–water partition coefficient (Wildman–Crippen LogP) is 2.70. The number of nitrogens with one attached hydrogen (secondary N) is 2. The first kappa shape index (κ1) is 14.1. The molecule has 1 fully saturated rings. The highest BCUT2D eigenvalue weighted by atomic mass is 15.2. The monoisotopic (exact) mass is 308 g/mol. The Morgan fingerprint density at radius 1 is 1.13 bits per heavy atom. The highest BCUT2D eigenvalue weighted by Crippen LogP contribution is 2.25. The number of aromatic amines is 1. The normalized spacial score (nSPS) is 21.4. The Morgan fingerprint density at radius 2 is 2.04 bits per heavy atom. The van der Waals surface area contributed by atoms with Crippen LogP contribution in [0.1, 0.15) is 25.7 Å². The van der Waals surface area contributed by atoms with E-state index in [0.29, 0.717) is 6.04 Å². The molecule has 0 bridgehead atoms. The molecule has 0 amide bonds. The van der Waals surface area contributed by atoms with Crippen molar-refractivity contribution in [1.29, 1.82) is 0 Å². The van der Waals surface area contributed by atoms with Crippen molar-refractivity contribution in [1.82, 2.24) is 20.2 Å². The Bertz CT molecular complexity index is 811. The number of hydrogen-bond acceptors (Lipinski definition) is 5. The lowest BCUT2D eigenvalue weighted by Crippen LogP contribution is -2.42. The van der Waals surface area contributed by atoms with Gasteiger partial charge in [-0.25, -0.2) is 9.97 Å². The maximum atomic E-state index is 6.22. The van der Waals surface area contributed by atoms with Crippen molar-refractivity contribution in [2.24, 2.45) is 5.73 Å². The van der Waals surface area contributed by atoms with Crippen LogP contribution in [0.5, 0.6) is 0 Å². The van der Waals surface area contributed by atoms with Crippen molar-refractivity contribution in [3.8, 4) is 11.4 Å². The third-order valence-electron chi connectivity index (χ3n) is 4.48. The maximum absolute atomic E-state index is 6.22. The largest absolute Gasteiger partial charge is 0.366 e. The first-order valence-electron chi connectivity index (χ1n) is 8.10. The molecule has 0 aliphatic heterocycles. The highest BCUT2D eigenvalue weighted by molar-refractivity contribution is 5.89. The van der Waals surface area contributed by atoms with Gasteiger partial charge in [0.1, 0.15) is 11.5 Å². The number of nitrogens with zero attached hydrogens (tertiary/aromatic N) is 3. The minimum Gasteiger partial charge on any atom is -0.366 e. The zero-order valence-electron chi connectivity index (χ0n) is 12.9. The summed E-state index contributed by atoms with van der Waals surface area (Å²) in [4.78, 5) is 8.99. The molecule has 118 valence electrons. The van der Waals surface area contributed by atoms with Crippen molar-refractivity contribution in [2.45, 2.75) is 37.8 Å². The predicted molar refractivity (Wildman–Crippen MR) is 91.0 cm³/mol. The molecule has 1 aliphatic rings. The molecular weight excluding hydrogens is 288 g/mol. The van der Waals surface area contributed by atoms with Crippen molar-refractivity contribution >= 4 is 16.9 Å². The summed E-state index contributed by atoms with van der Waals surface area (Å²) < 4.78 is 0. The fourth-order valence-corrected chi connectivity index (χ4v) is 3.23. The molecule has 3 aromatic rings. The molecule has 23 heavy (non-hydrogen) atoms. The van der Waals surface area contributed by atoms with E-state index in [2.05, 4.69) is 20.5 Å². The van der Waals surface area contributed by atoms with Gasteiger partial charge in [-0.2, -0.15) is 5.10 Å². The molecule has 4 rings (SSSR count). The lowest BCUT2D eigenvalue weighted by atomic mass is 9.91. The van der Waals surface area contributed by atoms with Gasteiger partial charge in [0.05, 0.1) is 5.69 Å². The minimum absolute atomic E-state index is 0.199. The van der Waals surface area contributed by atoms with E-state index in [1.165, 1.54) is 12.8 Å². The molecule has 1 aliphatic carbocycles. The summed E-state index contributed by atoms with van der Waals surface area (Å²) in [6, 6.07) is 10.3. The van der Waals surface area contributed by atoms with Crippen LogP contribution in [-0.4, -0.2) is 32.2 Å². The third kappa shape index (κ3) is 2.77. The molecular formula is C17H20N6. The summed E-state index contributed by atoms with van der Waals surface area (Å²) in [7, 11) is 0. The summed E-state index contributed by atoms with van der Waals surface area (Å²) in [5.74, 6) is 0.852. The summed E-state index contributed by atoms with van der Waals surface area (Å²) >= 11 is 0. The van der Waals surface area contributed by atoms with Gasteiger partial charge in [0, 0.05) is 23.7 Å². The average molecular weight is 308 g/mol. The molecule has 2 atom stereocenters. The molecule has 0 radical (unpaired) electrons. The molecule has 4 N–H and O–H groups in total. The summed E-state index contributed by atoms with van der Waals surface area (Å²) in [6.07, 6.45) is 6.37. The second-order valence-corrected chi connectivity index (χ2v) is 6.08. The molecule has 3 aromatic heterocycles. The first-order valence-corrected chi connectivity index (χ1v) is 8.10. The lowest BCUT2D eigenvalue weighted by Gasteiger charge is -2.29. The van der Waals surface area contributed by atoms with E-state index >= 15 is 0 Å². The fourth-order valence-electron chi connectivity index (χ4n) is 3.23. The second-order valence-electron chi connectivity index (χ2n) is 6.08. The van der Waals surface area contributed by atoms with E-state index in [0.717, 1.165) is 41.1 Å². The molecule has 1 saturated carbocycles. The van der Waals surface area contributed by atoms with E-state index in [9.17, 15) is 0 Å². The summed E-state index contributed by atoms with van der Waals surface area (Å²) in [6.45, 7) is 0. The van der Waals surface area contributed by atoms with Crippen LogP contribution in [0.15, 0.2) is 36.5 Å². The fraction of sp³-hybridized carbons (Fsp3) is 0.353. The number of aromatic nitrogens is 4. The molecule has 0 aromatic carbocycles. The van der Waals surface area contributed by atoms with Gasteiger partial charge in [-0.15, -0.1) is 0 Å². The summed E-state index contributed by atoms with van der Waals surface area (Å²) in [5.41, 5.74) is 8.65. The van der Waals surface area contributed by atoms with Gasteiger partial charge in [0.25, 0.3) is 0 Å². The van der Waals surface area contributed by atoms with Crippen LogP contribution in [-0.2, 0) is 0 Å². The quantitative estimate of drug-likeness (QED) is 0.692. The maximum Gasteiger partial charge on any atom is 0.155 e. The Kier molecular flexibility index (Phi) is 3.67. The minimum atomic E-state index is 0.199. The lowest BCUT2D eigenvalue weighted by molar-refractivity contribution is 0.403. The number of fused-ring (bicyclic) bond motifs is 1. The van der Waals surface area contributed by atoms with E-state index < -0.39 is 0 Å². The Labute approximate surface area is 134 Å². The van der Waals surface area contributed by atoms with E-state index in [-0.39, 0.29) is 6.04 Å². The van der Waals surface area contributed by atoms with Gasteiger partial charge in [-0.05, 0) is 37.1 Å². The van der Waals surface area contributed by atoms with Crippen LogP contribution >= 0.6 is 0 Å². The SMILES string of the molecule is NC1CCCCC1Nc1cccc(-c2n[nH]c3ncccc23)n1. The van der Waals surface area contributed by atoms with Gasteiger partial charge in [0.15, 0.2) is 5.65 Å². The first-order chi connectivity index (χ1) is 11.3. The van der Waals surface area contributed by atoms with Gasteiger partial charge < -0.3 is 11.1 Å². The van der Waals surface area contributed by atoms with Gasteiger partial charge in [-0.1, -0.05) is 18.9 Å². The standard InChI is InChI=1S/C17H20N6/c18-12-6-1-2-7-13(12)20-15-9-3-8-14(21-15)16-11-5-4-10-19-17(11)23-22-16/h3-5,8-10,12-13H,1-2,6-7,18H2,(H,20,21)(H,19,22,23). The van der Waals surface area contributed by atoms with Crippen molar-refractivity contribution < 1.29 is 0 Å². The zero-order chi connectivity index (χ0) is 15.6. The topological polar surface area (TPSA) is 92.5 Å². The number of H-pyrrole nitrogens is 1. The third-order valence-corrected chi connectivity index (χ3v) is 4.48. The van der Waals surface area contributed by atoms with Crippen molar-refractivity contribution in [3.05, 3.63) is 36.5 Å². The van der Waals surface area contributed by atoms with Gasteiger partial charge in [-0.3, -0.25) is 5.10 Å². The molecule has 3 heterocycles. The van der Waals surface area contributed by atoms with Crippen LogP contribution in [0.2, 0.25) is 0 Å². The van der Waals surface area contributed by atoms with Gasteiger partial charge in [0.2, 0.25) is 0 Å². The number of hydrogen-bond donors (Lipinski definition) is 3. The number of pyridine rings is 2. The number of nitrogens with two attached hydrogens (primary N) is 1. The van der Waals surface area contributed by atoms with E-state index in [1.54, 1.807) is 6.20 Å². The molecule has 6 heteroatoms. The Balaban J connectivity index is 1.63. The van der Waals surface area contributed by atoms with Gasteiger partial charge >= 0.3 is 0 Å². The Morgan fingerprint density at radius 3 is 2.96 bits per heavy atom. The number of anilines is 1.